The van der Waals surface area contributed by atoms with Gasteiger partial charge in [-0.15, -0.1) is 0 Å². The Morgan fingerprint density at radius 2 is 1.67 bits per heavy atom. The van der Waals surface area contributed by atoms with Crippen LogP contribution < -0.4 is 19.7 Å². The van der Waals surface area contributed by atoms with Crippen molar-refractivity contribution in [1.82, 2.24) is 14.9 Å². The first-order valence-corrected chi connectivity index (χ1v) is 12.5. The minimum absolute atomic E-state index is 0.0884. The number of benzene rings is 2. The molecule has 2 amide bonds. The molecule has 0 radical (unpaired) electrons. The summed E-state index contributed by atoms with van der Waals surface area (Å²) in [6, 6.07) is 15.5. The van der Waals surface area contributed by atoms with Gasteiger partial charge in [0, 0.05) is 49.5 Å². The summed E-state index contributed by atoms with van der Waals surface area (Å²) in [7, 11) is 1.67. The van der Waals surface area contributed by atoms with Gasteiger partial charge in [0.05, 0.1) is 13.7 Å². The number of urea groups is 1. The van der Waals surface area contributed by atoms with Gasteiger partial charge in [0.1, 0.15) is 23.1 Å². The molecule has 2 heterocycles. The zero-order valence-corrected chi connectivity index (χ0v) is 21.6. The van der Waals surface area contributed by atoms with Crippen molar-refractivity contribution in [1.29, 1.82) is 0 Å². The molecular weight excluding hydrogens is 454 g/mol. The van der Waals surface area contributed by atoms with Crippen molar-refractivity contribution in [3.8, 4) is 11.5 Å². The zero-order chi connectivity index (χ0) is 25.5. The van der Waals surface area contributed by atoms with Crippen molar-refractivity contribution >= 4 is 17.5 Å². The van der Waals surface area contributed by atoms with Gasteiger partial charge in [-0.3, -0.25) is 0 Å². The van der Waals surface area contributed by atoms with Crippen LogP contribution >= 0.6 is 0 Å². The minimum atomic E-state index is -0.0884. The lowest BCUT2D eigenvalue weighted by atomic mass is 10.0. The van der Waals surface area contributed by atoms with Crippen LogP contribution in [-0.4, -0.2) is 60.8 Å². The van der Waals surface area contributed by atoms with Crippen LogP contribution in [0.3, 0.4) is 0 Å². The molecule has 1 aliphatic heterocycles. The average molecular weight is 490 g/mol. The molecule has 1 aliphatic rings. The summed E-state index contributed by atoms with van der Waals surface area (Å²) < 4.78 is 10.8. The quantitative estimate of drug-likeness (QED) is 0.512. The summed E-state index contributed by atoms with van der Waals surface area (Å²) in [5.41, 5.74) is 4.05. The van der Waals surface area contributed by atoms with Crippen LogP contribution in [0.4, 0.5) is 16.3 Å². The third-order valence-corrected chi connectivity index (χ3v) is 6.34. The lowest BCUT2D eigenvalue weighted by molar-refractivity contribution is 0.215. The molecule has 0 saturated carbocycles. The fraction of sp³-hybridized carbons (Fsp3) is 0.393. The Morgan fingerprint density at radius 1 is 0.944 bits per heavy atom. The predicted octanol–water partition coefficient (Wildman–Crippen LogP) is 4.84. The van der Waals surface area contributed by atoms with Crippen LogP contribution in [-0.2, 0) is 6.42 Å². The van der Waals surface area contributed by atoms with E-state index < -0.39 is 0 Å². The molecule has 190 valence electrons. The van der Waals surface area contributed by atoms with Crippen LogP contribution in [0.1, 0.15) is 36.0 Å². The van der Waals surface area contributed by atoms with Gasteiger partial charge in [-0.1, -0.05) is 12.1 Å². The average Bonchev–Trinajstić information content (AvgIpc) is 3.14. The summed E-state index contributed by atoms with van der Waals surface area (Å²) in [6.45, 7) is 9.39. The van der Waals surface area contributed by atoms with E-state index >= 15 is 0 Å². The Balaban J connectivity index is 1.45. The summed E-state index contributed by atoms with van der Waals surface area (Å²) >= 11 is 0. The molecule has 0 aliphatic carbocycles. The lowest BCUT2D eigenvalue weighted by Crippen LogP contribution is -2.38. The molecule has 1 fully saturated rings. The molecule has 0 unspecified atom stereocenters. The number of aryl methyl sites for hydroxylation is 2. The van der Waals surface area contributed by atoms with E-state index in [0.717, 1.165) is 59.5 Å². The molecule has 0 bridgehead atoms. The van der Waals surface area contributed by atoms with Crippen molar-refractivity contribution in [3.63, 3.8) is 0 Å². The molecule has 0 spiro atoms. The van der Waals surface area contributed by atoms with Crippen LogP contribution in [0.15, 0.2) is 48.5 Å². The largest absolute Gasteiger partial charge is 0.497 e. The highest BCUT2D eigenvalue weighted by Gasteiger charge is 2.23. The Morgan fingerprint density at radius 3 is 2.36 bits per heavy atom. The van der Waals surface area contributed by atoms with Crippen LogP contribution in [0.25, 0.3) is 0 Å². The first-order valence-electron chi connectivity index (χ1n) is 12.5. The van der Waals surface area contributed by atoms with Gasteiger partial charge in [-0.25, -0.2) is 14.8 Å². The summed E-state index contributed by atoms with van der Waals surface area (Å²) in [4.78, 5) is 26.6. The lowest BCUT2D eigenvalue weighted by Gasteiger charge is -2.26. The van der Waals surface area contributed by atoms with E-state index in [9.17, 15) is 4.79 Å². The third kappa shape index (κ3) is 6.24. The first kappa shape index (κ1) is 25.3. The number of hydrogen-bond acceptors (Lipinski definition) is 6. The summed E-state index contributed by atoms with van der Waals surface area (Å²) in [5.74, 6) is 3.36. The monoisotopic (exact) mass is 489 g/mol. The third-order valence-electron chi connectivity index (χ3n) is 6.34. The van der Waals surface area contributed by atoms with Gasteiger partial charge in [-0.2, -0.15) is 0 Å². The predicted molar refractivity (Wildman–Crippen MR) is 142 cm³/mol. The van der Waals surface area contributed by atoms with Crippen molar-refractivity contribution < 1.29 is 14.3 Å². The normalized spacial score (nSPS) is 13.8. The zero-order valence-electron chi connectivity index (χ0n) is 21.6. The Kier molecular flexibility index (Phi) is 8.25. The number of nitrogens with zero attached hydrogens (tertiary/aromatic N) is 4. The van der Waals surface area contributed by atoms with Crippen molar-refractivity contribution in [2.24, 2.45) is 0 Å². The van der Waals surface area contributed by atoms with Crippen LogP contribution in [0, 0.1) is 13.8 Å². The number of anilines is 2. The van der Waals surface area contributed by atoms with Gasteiger partial charge in [0.2, 0.25) is 0 Å². The van der Waals surface area contributed by atoms with E-state index in [1.165, 1.54) is 5.56 Å². The molecule has 8 nitrogen and oxygen atoms in total. The fourth-order valence-corrected chi connectivity index (χ4v) is 4.47. The molecule has 4 rings (SSSR count). The number of carbonyl (C=O) groups is 1. The highest BCUT2D eigenvalue weighted by atomic mass is 16.5. The van der Waals surface area contributed by atoms with E-state index in [1.807, 2.05) is 62.1 Å². The number of methoxy groups -OCH3 is 1. The Labute approximate surface area is 213 Å². The van der Waals surface area contributed by atoms with Gasteiger partial charge in [0.25, 0.3) is 0 Å². The number of rotatable bonds is 7. The minimum Gasteiger partial charge on any atom is -0.497 e. The second-order valence-corrected chi connectivity index (χ2v) is 8.90. The standard InChI is InChI=1S/C28H35N5O3/c1-5-36-25-13-9-23(10-14-25)31-28(34)33-16-6-15-32(17-18-33)27-26(20(2)29-21(3)30-27)19-22-7-11-24(35-4)12-8-22/h7-14H,5-6,15-19H2,1-4H3,(H,31,34). The number of aromatic nitrogens is 2. The number of nitrogens with one attached hydrogen (secondary N) is 1. The second-order valence-electron chi connectivity index (χ2n) is 8.90. The SMILES string of the molecule is CCOc1ccc(NC(=O)N2CCCN(c3nc(C)nc(C)c3Cc3ccc(OC)cc3)CC2)cc1. The maximum atomic E-state index is 13.0. The molecule has 1 aromatic heterocycles. The van der Waals surface area contributed by atoms with Crippen molar-refractivity contribution in [2.75, 3.05) is 50.1 Å². The van der Waals surface area contributed by atoms with Crippen LogP contribution in [0.2, 0.25) is 0 Å². The maximum absolute atomic E-state index is 13.0. The topological polar surface area (TPSA) is 79.8 Å². The van der Waals surface area contributed by atoms with Crippen LogP contribution in [0.5, 0.6) is 11.5 Å². The maximum Gasteiger partial charge on any atom is 0.321 e. The second kappa shape index (κ2) is 11.7. The number of carbonyl (C=O) groups excluding carboxylic acids is 1. The summed E-state index contributed by atoms with van der Waals surface area (Å²) in [5, 5.41) is 3.01. The number of hydrogen-bond donors (Lipinski definition) is 1. The van der Waals surface area contributed by atoms with Crippen molar-refractivity contribution in [3.05, 3.63) is 71.2 Å². The molecule has 0 atom stereocenters. The fourth-order valence-electron chi connectivity index (χ4n) is 4.47. The molecule has 1 saturated heterocycles. The molecule has 1 N–H and O–H groups in total. The van der Waals surface area contributed by atoms with Crippen molar-refractivity contribution in [2.45, 2.75) is 33.6 Å². The molecule has 3 aromatic rings. The van der Waals surface area contributed by atoms with Gasteiger partial charge in [-0.05, 0) is 69.2 Å². The molecular formula is C28H35N5O3. The number of ether oxygens (including phenoxy) is 2. The smallest absolute Gasteiger partial charge is 0.321 e. The first-order chi connectivity index (χ1) is 17.5. The number of amides is 2. The summed E-state index contributed by atoms with van der Waals surface area (Å²) in [6.07, 6.45) is 1.60. The van der Waals surface area contributed by atoms with E-state index in [0.29, 0.717) is 26.2 Å². The highest BCUT2D eigenvalue weighted by molar-refractivity contribution is 5.89. The van der Waals surface area contributed by atoms with E-state index in [-0.39, 0.29) is 6.03 Å². The highest BCUT2D eigenvalue weighted by Crippen LogP contribution is 2.26. The molecule has 36 heavy (non-hydrogen) atoms. The Bertz CT molecular complexity index is 1170. The van der Waals surface area contributed by atoms with E-state index in [4.69, 9.17) is 14.5 Å². The molecule has 2 aromatic carbocycles. The van der Waals surface area contributed by atoms with E-state index in [2.05, 4.69) is 27.3 Å². The Hall–Kier alpha value is -3.81. The van der Waals surface area contributed by atoms with Gasteiger partial charge >= 0.3 is 6.03 Å². The molecule has 8 heteroatoms. The van der Waals surface area contributed by atoms with E-state index in [1.54, 1.807) is 7.11 Å². The van der Waals surface area contributed by atoms with Gasteiger partial charge < -0.3 is 24.6 Å². The van der Waals surface area contributed by atoms with Gasteiger partial charge in [0.15, 0.2) is 0 Å².